The molecule has 1 aromatic carbocycles. The standard InChI is InChI=1S/C13H22N2/c1-5-6-12(14)11-7-8(2)9(3)13(15)10(11)4/h7,12H,5-6,14-15H2,1-4H3. The Kier molecular flexibility index (Phi) is 3.75. The second kappa shape index (κ2) is 4.67. The molecule has 1 aromatic rings. The number of anilines is 1. The molecule has 0 saturated carbocycles. The summed E-state index contributed by atoms with van der Waals surface area (Å²) in [5.41, 5.74) is 17.9. The van der Waals surface area contributed by atoms with E-state index in [4.69, 9.17) is 11.5 Å². The van der Waals surface area contributed by atoms with Crippen molar-refractivity contribution in [1.29, 1.82) is 0 Å². The zero-order valence-corrected chi connectivity index (χ0v) is 10.2. The molecule has 84 valence electrons. The van der Waals surface area contributed by atoms with Crippen molar-refractivity contribution < 1.29 is 0 Å². The van der Waals surface area contributed by atoms with E-state index in [1.54, 1.807) is 0 Å². The summed E-state index contributed by atoms with van der Waals surface area (Å²) in [6.07, 6.45) is 2.12. The van der Waals surface area contributed by atoms with Crippen molar-refractivity contribution in [3.8, 4) is 0 Å². The molecule has 1 rings (SSSR count). The number of hydrogen-bond donors (Lipinski definition) is 2. The molecule has 2 heteroatoms. The third-order valence-corrected chi connectivity index (χ3v) is 3.20. The largest absolute Gasteiger partial charge is 0.398 e. The number of nitrogen functional groups attached to an aromatic ring is 1. The monoisotopic (exact) mass is 206 g/mol. The Morgan fingerprint density at radius 2 is 1.80 bits per heavy atom. The van der Waals surface area contributed by atoms with Crippen LogP contribution in [0.2, 0.25) is 0 Å². The summed E-state index contributed by atoms with van der Waals surface area (Å²) in [7, 11) is 0. The number of rotatable bonds is 3. The Labute approximate surface area is 92.7 Å². The van der Waals surface area contributed by atoms with Gasteiger partial charge in [-0.15, -0.1) is 0 Å². The van der Waals surface area contributed by atoms with E-state index in [0.717, 1.165) is 24.1 Å². The average Bonchev–Trinajstić information content (AvgIpc) is 2.20. The fourth-order valence-electron chi connectivity index (χ4n) is 1.95. The lowest BCUT2D eigenvalue weighted by atomic mass is 9.92. The summed E-state index contributed by atoms with van der Waals surface area (Å²) >= 11 is 0. The Balaban J connectivity index is 3.19. The van der Waals surface area contributed by atoms with Crippen LogP contribution in [-0.2, 0) is 0 Å². The van der Waals surface area contributed by atoms with Crippen LogP contribution in [0, 0.1) is 20.8 Å². The molecule has 0 aliphatic carbocycles. The first kappa shape index (κ1) is 12.1. The van der Waals surface area contributed by atoms with Gasteiger partial charge >= 0.3 is 0 Å². The van der Waals surface area contributed by atoms with Gasteiger partial charge in [-0.3, -0.25) is 0 Å². The zero-order valence-electron chi connectivity index (χ0n) is 10.2. The number of aryl methyl sites for hydroxylation is 1. The Morgan fingerprint density at radius 1 is 1.20 bits per heavy atom. The minimum absolute atomic E-state index is 0.122. The van der Waals surface area contributed by atoms with Gasteiger partial charge in [0.25, 0.3) is 0 Å². The van der Waals surface area contributed by atoms with Crippen molar-refractivity contribution in [2.75, 3.05) is 5.73 Å². The van der Waals surface area contributed by atoms with E-state index in [2.05, 4.69) is 33.8 Å². The topological polar surface area (TPSA) is 52.0 Å². The lowest BCUT2D eigenvalue weighted by Crippen LogP contribution is -2.13. The highest BCUT2D eigenvalue weighted by Crippen LogP contribution is 2.28. The van der Waals surface area contributed by atoms with Crippen molar-refractivity contribution >= 4 is 5.69 Å². The van der Waals surface area contributed by atoms with Crippen LogP contribution in [0.5, 0.6) is 0 Å². The van der Waals surface area contributed by atoms with Crippen LogP contribution in [0.15, 0.2) is 6.07 Å². The Morgan fingerprint density at radius 3 is 2.33 bits per heavy atom. The summed E-state index contributed by atoms with van der Waals surface area (Å²) in [5, 5.41) is 0. The molecule has 0 fully saturated rings. The molecule has 1 atom stereocenters. The molecule has 0 aliphatic rings. The highest BCUT2D eigenvalue weighted by molar-refractivity contribution is 5.59. The second-order valence-electron chi connectivity index (χ2n) is 4.34. The fraction of sp³-hybridized carbons (Fsp3) is 0.538. The predicted octanol–water partition coefficient (Wildman–Crippen LogP) is 2.99. The molecule has 0 bridgehead atoms. The van der Waals surface area contributed by atoms with Gasteiger partial charge in [0.05, 0.1) is 0 Å². The van der Waals surface area contributed by atoms with Gasteiger partial charge in [-0.2, -0.15) is 0 Å². The van der Waals surface area contributed by atoms with Gasteiger partial charge in [0.1, 0.15) is 0 Å². The van der Waals surface area contributed by atoms with Gasteiger partial charge in [0, 0.05) is 11.7 Å². The molecule has 0 aromatic heterocycles. The second-order valence-corrected chi connectivity index (χ2v) is 4.34. The molecule has 2 nitrogen and oxygen atoms in total. The van der Waals surface area contributed by atoms with Crippen LogP contribution < -0.4 is 11.5 Å². The predicted molar refractivity (Wildman–Crippen MR) is 66.9 cm³/mol. The molecule has 0 aliphatic heterocycles. The van der Waals surface area contributed by atoms with Gasteiger partial charge in [-0.1, -0.05) is 19.4 Å². The minimum atomic E-state index is 0.122. The summed E-state index contributed by atoms with van der Waals surface area (Å²) in [6.45, 7) is 8.37. The van der Waals surface area contributed by atoms with E-state index in [1.165, 1.54) is 16.7 Å². The van der Waals surface area contributed by atoms with Crippen LogP contribution in [0.1, 0.15) is 48.1 Å². The van der Waals surface area contributed by atoms with Crippen molar-refractivity contribution in [3.63, 3.8) is 0 Å². The smallest absolute Gasteiger partial charge is 0.0379 e. The zero-order chi connectivity index (χ0) is 11.6. The molecule has 0 radical (unpaired) electrons. The maximum Gasteiger partial charge on any atom is 0.0379 e. The van der Waals surface area contributed by atoms with E-state index in [1.807, 2.05) is 0 Å². The fourth-order valence-corrected chi connectivity index (χ4v) is 1.95. The summed E-state index contributed by atoms with van der Waals surface area (Å²) in [6, 6.07) is 2.30. The highest BCUT2D eigenvalue weighted by Gasteiger charge is 2.12. The molecule has 4 N–H and O–H groups in total. The third kappa shape index (κ3) is 2.32. The molecule has 0 spiro atoms. The SMILES string of the molecule is CCCC(N)c1cc(C)c(C)c(N)c1C. The van der Waals surface area contributed by atoms with Gasteiger partial charge in [-0.05, 0) is 49.4 Å². The summed E-state index contributed by atoms with van der Waals surface area (Å²) < 4.78 is 0. The first-order valence-electron chi connectivity index (χ1n) is 5.60. The normalized spacial score (nSPS) is 12.9. The lowest BCUT2D eigenvalue weighted by Gasteiger charge is -2.18. The minimum Gasteiger partial charge on any atom is -0.398 e. The molecule has 1 unspecified atom stereocenters. The Hall–Kier alpha value is -1.02. The molecule has 0 amide bonds. The first-order chi connectivity index (χ1) is 6.99. The quantitative estimate of drug-likeness (QED) is 0.747. The number of nitrogens with two attached hydrogens (primary N) is 2. The van der Waals surface area contributed by atoms with Gasteiger partial charge in [-0.25, -0.2) is 0 Å². The maximum absolute atomic E-state index is 6.14. The van der Waals surface area contributed by atoms with Gasteiger partial charge in [0.2, 0.25) is 0 Å². The summed E-state index contributed by atoms with van der Waals surface area (Å²) in [5.74, 6) is 0. The van der Waals surface area contributed by atoms with Gasteiger partial charge in [0.15, 0.2) is 0 Å². The lowest BCUT2D eigenvalue weighted by molar-refractivity contribution is 0.635. The van der Waals surface area contributed by atoms with Crippen LogP contribution in [-0.4, -0.2) is 0 Å². The molecule has 0 saturated heterocycles. The molecule has 0 heterocycles. The van der Waals surface area contributed by atoms with E-state index in [0.29, 0.717) is 0 Å². The average molecular weight is 206 g/mol. The van der Waals surface area contributed by atoms with E-state index < -0.39 is 0 Å². The highest BCUT2D eigenvalue weighted by atomic mass is 14.6. The van der Waals surface area contributed by atoms with Crippen LogP contribution in [0.4, 0.5) is 5.69 Å². The maximum atomic E-state index is 6.14. The van der Waals surface area contributed by atoms with Crippen LogP contribution in [0.3, 0.4) is 0 Å². The molecular formula is C13H22N2. The van der Waals surface area contributed by atoms with Crippen LogP contribution in [0.25, 0.3) is 0 Å². The van der Waals surface area contributed by atoms with Crippen molar-refractivity contribution in [1.82, 2.24) is 0 Å². The van der Waals surface area contributed by atoms with E-state index in [9.17, 15) is 0 Å². The van der Waals surface area contributed by atoms with Gasteiger partial charge < -0.3 is 11.5 Å². The van der Waals surface area contributed by atoms with Crippen molar-refractivity contribution in [2.45, 2.75) is 46.6 Å². The third-order valence-electron chi connectivity index (χ3n) is 3.20. The van der Waals surface area contributed by atoms with E-state index in [-0.39, 0.29) is 6.04 Å². The van der Waals surface area contributed by atoms with Crippen molar-refractivity contribution in [3.05, 3.63) is 28.3 Å². The van der Waals surface area contributed by atoms with Crippen molar-refractivity contribution in [2.24, 2.45) is 5.73 Å². The number of hydrogen-bond acceptors (Lipinski definition) is 2. The molecular weight excluding hydrogens is 184 g/mol. The molecule has 15 heavy (non-hydrogen) atoms. The summed E-state index contributed by atoms with van der Waals surface area (Å²) in [4.78, 5) is 0. The Bertz CT molecular complexity index is 356. The van der Waals surface area contributed by atoms with Crippen LogP contribution >= 0.6 is 0 Å². The van der Waals surface area contributed by atoms with E-state index >= 15 is 0 Å². The number of benzene rings is 1. The first-order valence-corrected chi connectivity index (χ1v) is 5.60.